The van der Waals surface area contributed by atoms with Gasteiger partial charge in [0.05, 0.1) is 0 Å². The molecule has 0 saturated heterocycles. The van der Waals surface area contributed by atoms with Crippen LogP contribution in [0.3, 0.4) is 0 Å². The third-order valence-corrected chi connectivity index (χ3v) is 3.49. The number of hydrogen-bond donors (Lipinski definition) is 0. The van der Waals surface area contributed by atoms with Crippen molar-refractivity contribution < 1.29 is 4.74 Å². The van der Waals surface area contributed by atoms with E-state index in [1.807, 2.05) is 36.4 Å². The average Bonchev–Trinajstić information content (AvgIpc) is 2.95. The second-order valence-corrected chi connectivity index (χ2v) is 4.78. The largest absolute Gasteiger partial charge is 0.457 e. The van der Waals surface area contributed by atoms with Gasteiger partial charge in [0, 0.05) is 10.9 Å². The molecule has 0 saturated carbocycles. The Balaban J connectivity index is 1.80. The van der Waals surface area contributed by atoms with Crippen LogP contribution >= 0.6 is 11.3 Å². The normalized spacial score (nSPS) is 10.2. The molecule has 0 aliphatic carbocycles. The van der Waals surface area contributed by atoms with E-state index in [2.05, 4.69) is 35.7 Å². The van der Waals surface area contributed by atoms with E-state index in [0.717, 1.165) is 11.5 Å². The van der Waals surface area contributed by atoms with Crippen molar-refractivity contribution in [1.82, 2.24) is 0 Å². The summed E-state index contributed by atoms with van der Waals surface area (Å²) < 4.78 is 5.70. The predicted octanol–water partition coefficient (Wildman–Crippen LogP) is 5.01. The molecule has 0 bridgehead atoms. The first-order valence-corrected chi connectivity index (χ1v) is 6.58. The van der Waals surface area contributed by atoms with Gasteiger partial charge in [0.1, 0.15) is 11.5 Å². The summed E-state index contributed by atoms with van der Waals surface area (Å²) in [6, 6.07) is 22.9. The summed E-state index contributed by atoms with van der Waals surface area (Å²) in [7, 11) is 0. The summed E-state index contributed by atoms with van der Waals surface area (Å²) in [5, 5.41) is 2.08. The molecule has 0 N–H and O–H groups in total. The van der Waals surface area contributed by atoms with E-state index in [0.29, 0.717) is 0 Å². The Morgan fingerprint density at radius 3 is 2.44 bits per heavy atom. The highest BCUT2D eigenvalue weighted by Crippen LogP contribution is 2.28. The zero-order valence-corrected chi connectivity index (χ0v) is 10.5. The van der Waals surface area contributed by atoms with E-state index in [1.165, 1.54) is 10.4 Å². The first-order chi connectivity index (χ1) is 8.92. The van der Waals surface area contributed by atoms with Crippen LogP contribution in [0.5, 0.6) is 11.5 Å². The third kappa shape index (κ3) is 2.44. The highest BCUT2D eigenvalue weighted by molar-refractivity contribution is 7.13. The van der Waals surface area contributed by atoms with Crippen LogP contribution in [0.1, 0.15) is 0 Å². The second kappa shape index (κ2) is 5.07. The SMILES string of the molecule is [c]1ccccc1Oc1ccc(-c2cccs2)cc1. The number of hydrogen-bond acceptors (Lipinski definition) is 2. The molecule has 2 heteroatoms. The lowest BCUT2D eigenvalue weighted by Gasteiger charge is -2.05. The molecule has 2 aromatic carbocycles. The Hall–Kier alpha value is -2.06. The molecule has 18 heavy (non-hydrogen) atoms. The standard InChI is InChI=1S/C16H11OS/c1-2-5-14(6-3-1)17-15-10-8-13(9-11-15)16-7-4-12-18-16/h1-5,7-12H. The molecule has 0 aliphatic heterocycles. The van der Waals surface area contributed by atoms with Crippen molar-refractivity contribution in [3.63, 3.8) is 0 Å². The van der Waals surface area contributed by atoms with Crippen molar-refractivity contribution >= 4 is 11.3 Å². The number of rotatable bonds is 3. The number of thiophene rings is 1. The maximum absolute atomic E-state index is 5.70. The third-order valence-electron chi connectivity index (χ3n) is 2.57. The topological polar surface area (TPSA) is 9.23 Å². The van der Waals surface area contributed by atoms with Crippen LogP contribution in [0.4, 0.5) is 0 Å². The van der Waals surface area contributed by atoms with Crippen LogP contribution in [0.25, 0.3) is 10.4 Å². The van der Waals surface area contributed by atoms with Gasteiger partial charge in [-0.05, 0) is 47.3 Å². The van der Waals surface area contributed by atoms with Crippen molar-refractivity contribution in [2.75, 3.05) is 0 Å². The summed E-state index contributed by atoms with van der Waals surface area (Å²) in [5.41, 5.74) is 1.22. The Kier molecular flexibility index (Phi) is 3.11. The first kappa shape index (κ1) is 11.1. The maximum Gasteiger partial charge on any atom is 0.135 e. The lowest BCUT2D eigenvalue weighted by molar-refractivity contribution is 0.482. The zero-order valence-electron chi connectivity index (χ0n) is 9.67. The molecule has 0 amide bonds. The van der Waals surface area contributed by atoms with Gasteiger partial charge in [-0.2, -0.15) is 0 Å². The van der Waals surface area contributed by atoms with E-state index < -0.39 is 0 Å². The minimum Gasteiger partial charge on any atom is -0.457 e. The molecule has 1 heterocycles. The molecular weight excluding hydrogens is 240 g/mol. The smallest absolute Gasteiger partial charge is 0.135 e. The summed E-state index contributed by atoms with van der Waals surface area (Å²) in [6.07, 6.45) is 0. The van der Waals surface area contributed by atoms with Crippen LogP contribution in [-0.2, 0) is 0 Å². The fourth-order valence-electron chi connectivity index (χ4n) is 1.70. The second-order valence-electron chi connectivity index (χ2n) is 3.83. The number of para-hydroxylation sites is 1. The molecule has 1 nitrogen and oxygen atoms in total. The van der Waals surface area contributed by atoms with Crippen LogP contribution < -0.4 is 4.74 Å². The highest BCUT2D eigenvalue weighted by Gasteiger charge is 2.00. The van der Waals surface area contributed by atoms with E-state index >= 15 is 0 Å². The molecule has 1 aromatic heterocycles. The lowest BCUT2D eigenvalue weighted by atomic mass is 10.2. The van der Waals surface area contributed by atoms with Crippen molar-refractivity contribution in [2.24, 2.45) is 0 Å². The summed E-state index contributed by atoms with van der Waals surface area (Å²) in [5.74, 6) is 1.57. The van der Waals surface area contributed by atoms with Gasteiger partial charge in [0.15, 0.2) is 0 Å². The van der Waals surface area contributed by atoms with Gasteiger partial charge in [0.25, 0.3) is 0 Å². The van der Waals surface area contributed by atoms with Crippen molar-refractivity contribution in [1.29, 1.82) is 0 Å². The van der Waals surface area contributed by atoms with Crippen LogP contribution in [0.2, 0.25) is 0 Å². The van der Waals surface area contributed by atoms with E-state index in [-0.39, 0.29) is 0 Å². The molecule has 3 aromatic rings. The van der Waals surface area contributed by atoms with Crippen molar-refractivity contribution in [3.8, 4) is 21.9 Å². The van der Waals surface area contributed by atoms with Gasteiger partial charge in [-0.25, -0.2) is 0 Å². The quantitative estimate of drug-likeness (QED) is 0.636. The molecule has 3 rings (SSSR count). The van der Waals surface area contributed by atoms with E-state index in [4.69, 9.17) is 4.74 Å². The zero-order chi connectivity index (χ0) is 12.2. The van der Waals surface area contributed by atoms with Crippen LogP contribution in [0.15, 0.2) is 66.0 Å². The molecule has 0 atom stereocenters. The van der Waals surface area contributed by atoms with Gasteiger partial charge < -0.3 is 4.74 Å². The highest BCUT2D eigenvalue weighted by atomic mass is 32.1. The predicted molar refractivity (Wildman–Crippen MR) is 75.1 cm³/mol. The Labute approximate surface area is 110 Å². The lowest BCUT2D eigenvalue weighted by Crippen LogP contribution is -1.83. The Bertz CT molecular complexity index is 597. The summed E-state index contributed by atoms with van der Waals surface area (Å²) >= 11 is 1.74. The van der Waals surface area contributed by atoms with E-state index in [9.17, 15) is 0 Å². The average molecular weight is 251 g/mol. The molecule has 0 fully saturated rings. The molecule has 0 unspecified atom stereocenters. The van der Waals surface area contributed by atoms with Gasteiger partial charge in [-0.15, -0.1) is 11.3 Å². The summed E-state index contributed by atoms with van der Waals surface area (Å²) in [6.45, 7) is 0. The van der Waals surface area contributed by atoms with Gasteiger partial charge >= 0.3 is 0 Å². The monoisotopic (exact) mass is 251 g/mol. The Morgan fingerprint density at radius 2 is 1.78 bits per heavy atom. The molecule has 1 radical (unpaired) electrons. The van der Waals surface area contributed by atoms with E-state index in [1.54, 1.807) is 11.3 Å². The minimum absolute atomic E-state index is 0.737. The molecule has 0 aliphatic rings. The van der Waals surface area contributed by atoms with Crippen molar-refractivity contribution in [2.45, 2.75) is 0 Å². The van der Waals surface area contributed by atoms with Gasteiger partial charge in [-0.1, -0.05) is 24.3 Å². The molecule has 0 spiro atoms. The summed E-state index contributed by atoms with van der Waals surface area (Å²) in [4.78, 5) is 1.27. The van der Waals surface area contributed by atoms with Crippen LogP contribution in [-0.4, -0.2) is 0 Å². The number of ether oxygens (including phenoxy) is 1. The minimum atomic E-state index is 0.737. The first-order valence-electron chi connectivity index (χ1n) is 5.70. The molecular formula is C16H11OS. The molecule has 87 valence electrons. The van der Waals surface area contributed by atoms with Crippen LogP contribution in [0, 0.1) is 6.07 Å². The fourth-order valence-corrected chi connectivity index (χ4v) is 2.43. The Morgan fingerprint density at radius 1 is 0.889 bits per heavy atom. The van der Waals surface area contributed by atoms with Gasteiger partial charge in [-0.3, -0.25) is 0 Å². The number of benzene rings is 2. The van der Waals surface area contributed by atoms with Gasteiger partial charge in [0.2, 0.25) is 0 Å². The fraction of sp³-hybridized carbons (Fsp3) is 0. The van der Waals surface area contributed by atoms with Crippen molar-refractivity contribution in [3.05, 3.63) is 72.1 Å². The maximum atomic E-state index is 5.70.